The summed E-state index contributed by atoms with van der Waals surface area (Å²) in [4.78, 5) is 4.31. The monoisotopic (exact) mass is 378 g/mol. The predicted molar refractivity (Wildman–Crippen MR) is 57.0 cm³/mol. The Kier molecular flexibility index (Phi) is 3.83. The van der Waals surface area contributed by atoms with Gasteiger partial charge in [-0.1, -0.05) is 13.8 Å². The zero-order valence-corrected chi connectivity index (χ0v) is 11.4. The SMILES string of the molecule is Cc1c[c-]c(-c2nccn2C)c(C)c1.[Ir]. The molecule has 0 atom stereocenters. The normalized spacial score (nSPS) is 9.80. The van der Waals surface area contributed by atoms with Crippen LogP contribution in [0, 0.1) is 19.9 Å². The summed E-state index contributed by atoms with van der Waals surface area (Å²) in [7, 11) is 2.00. The standard InChI is InChI=1S/C12H13N2.Ir/c1-9-4-5-11(10(2)8-9)12-13-6-7-14(12)3;/h4,6-8H,1-3H3;/q-1;. The first-order valence-corrected chi connectivity index (χ1v) is 4.65. The number of benzene rings is 1. The van der Waals surface area contributed by atoms with E-state index in [1.165, 1.54) is 11.1 Å². The van der Waals surface area contributed by atoms with Gasteiger partial charge in [-0.2, -0.15) is 0 Å². The second-order valence-electron chi connectivity index (χ2n) is 3.60. The van der Waals surface area contributed by atoms with Crippen LogP contribution in [0.2, 0.25) is 0 Å². The van der Waals surface area contributed by atoms with Crippen LogP contribution in [-0.4, -0.2) is 9.55 Å². The van der Waals surface area contributed by atoms with Crippen LogP contribution < -0.4 is 0 Å². The Morgan fingerprint density at radius 1 is 1.33 bits per heavy atom. The minimum absolute atomic E-state index is 0. The molecular weight excluding hydrogens is 364 g/mol. The third-order valence-electron chi connectivity index (χ3n) is 2.33. The number of rotatable bonds is 1. The number of aromatic nitrogens is 2. The van der Waals surface area contributed by atoms with Gasteiger partial charge in [-0.25, -0.2) is 0 Å². The van der Waals surface area contributed by atoms with Gasteiger partial charge in [0.05, 0.1) is 5.82 Å². The van der Waals surface area contributed by atoms with Crippen LogP contribution in [0.3, 0.4) is 0 Å². The Morgan fingerprint density at radius 2 is 2.07 bits per heavy atom. The molecule has 1 radical (unpaired) electrons. The third-order valence-corrected chi connectivity index (χ3v) is 2.33. The number of hydrogen-bond acceptors (Lipinski definition) is 1. The van der Waals surface area contributed by atoms with Crippen molar-refractivity contribution in [2.75, 3.05) is 0 Å². The molecule has 3 heteroatoms. The molecule has 0 fully saturated rings. The van der Waals surface area contributed by atoms with Crippen LogP contribution in [0.1, 0.15) is 11.1 Å². The predicted octanol–water partition coefficient (Wildman–Crippen LogP) is 2.50. The van der Waals surface area contributed by atoms with E-state index in [2.05, 4.69) is 31.0 Å². The molecule has 2 aromatic rings. The van der Waals surface area contributed by atoms with Gasteiger partial charge in [-0.05, 0) is 0 Å². The van der Waals surface area contributed by atoms with Gasteiger partial charge in [0.2, 0.25) is 0 Å². The van der Waals surface area contributed by atoms with Crippen molar-refractivity contribution in [3.05, 3.63) is 41.7 Å². The van der Waals surface area contributed by atoms with Gasteiger partial charge in [0.15, 0.2) is 0 Å². The van der Waals surface area contributed by atoms with E-state index in [-0.39, 0.29) is 20.1 Å². The van der Waals surface area contributed by atoms with Crippen LogP contribution >= 0.6 is 0 Å². The Balaban J connectivity index is 0.00000112. The van der Waals surface area contributed by atoms with Crippen molar-refractivity contribution < 1.29 is 20.1 Å². The molecule has 0 amide bonds. The summed E-state index contributed by atoms with van der Waals surface area (Å²) in [5.74, 6) is 0.975. The second kappa shape index (κ2) is 4.73. The van der Waals surface area contributed by atoms with E-state index < -0.39 is 0 Å². The number of aryl methyl sites for hydroxylation is 3. The molecule has 0 bridgehead atoms. The maximum Gasteiger partial charge on any atom is 0.0558 e. The maximum atomic E-state index is 4.31. The molecule has 0 spiro atoms. The first-order valence-electron chi connectivity index (χ1n) is 4.65. The molecule has 0 saturated heterocycles. The molecule has 0 N–H and O–H groups in total. The first kappa shape index (κ1) is 12.2. The van der Waals surface area contributed by atoms with E-state index in [9.17, 15) is 0 Å². The van der Waals surface area contributed by atoms with E-state index in [0.717, 1.165) is 11.4 Å². The number of imidazole rings is 1. The van der Waals surface area contributed by atoms with Crippen molar-refractivity contribution in [3.63, 3.8) is 0 Å². The Labute approximate surface area is 104 Å². The fraction of sp³-hybridized carbons (Fsp3) is 0.250. The number of nitrogens with zero attached hydrogens (tertiary/aromatic N) is 2. The summed E-state index contributed by atoms with van der Waals surface area (Å²) in [5, 5.41) is 0. The molecule has 1 heterocycles. The maximum absolute atomic E-state index is 4.31. The number of hydrogen-bond donors (Lipinski definition) is 0. The van der Waals surface area contributed by atoms with Gasteiger partial charge in [-0.15, -0.1) is 34.9 Å². The van der Waals surface area contributed by atoms with Gasteiger partial charge >= 0.3 is 0 Å². The van der Waals surface area contributed by atoms with E-state index >= 15 is 0 Å². The molecule has 0 aliphatic rings. The average molecular weight is 377 g/mol. The molecule has 0 aliphatic carbocycles. The summed E-state index contributed by atoms with van der Waals surface area (Å²) >= 11 is 0. The second-order valence-corrected chi connectivity index (χ2v) is 3.60. The van der Waals surface area contributed by atoms with Crippen molar-refractivity contribution >= 4 is 0 Å². The van der Waals surface area contributed by atoms with Gasteiger partial charge in [0.1, 0.15) is 0 Å². The third kappa shape index (κ3) is 2.36. The van der Waals surface area contributed by atoms with Gasteiger partial charge < -0.3 is 4.57 Å². The molecule has 2 nitrogen and oxygen atoms in total. The van der Waals surface area contributed by atoms with E-state index in [1.54, 1.807) is 0 Å². The van der Waals surface area contributed by atoms with Crippen LogP contribution in [0.4, 0.5) is 0 Å². The smallest absolute Gasteiger partial charge is 0.0558 e. The Morgan fingerprint density at radius 3 is 2.60 bits per heavy atom. The van der Waals surface area contributed by atoms with E-state index in [4.69, 9.17) is 0 Å². The molecule has 81 valence electrons. The summed E-state index contributed by atoms with van der Waals surface area (Å²) in [5.41, 5.74) is 3.54. The van der Waals surface area contributed by atoms with Gasteiger partial charge in [-0.3, -0.25) is 4.98 Å². The fourth-order valence-corrected chi connectivity index (χ4v) is 1.60. The summed E-state index contributed by atoms with van der Waals surface area (Å²) in [6, 6.07) is 7.42. The zero-order valence-electron chi connectivity index (χ0n) is 9.04. The topological polar surface area (TPSA) is 17.8 Å². The van der Waals surface area contributed by atoms with Crippen molar-refractivity contribution in [2.45, 2.75) is 13.8 Å². The van der Waals surface area contributed by atoms with Gasteiger partial charge in [0, 0.05) is 39.5 Å². The zero-order chi connectivity index (χ0) is 10.1. The van der Waals surface area contributed by atoms with Crippen LogP contribution in [0.25, 0.3) is 11.4 Å². The Hall–Kier alpha value is -0.921. The quantitative estimate of drug-likeness (QED) is 0.699. The van der Waals surface area contributed by atoms with Crippen molar-refractivity contribution in [1.29, 1.82) is 0 Å². The average Bonchev–Trinajstić information content (AvgIpc) is 2.52. The van der Waals surface area contributed by atoms with Crippen molar-refractivity contribution in [1.82, 2.24) is 9.55 Å². The molecule has 1 aromatic heterocycles. The first-order chi connectivity index (χ1) is 6.68. The Bertz CT molecular complexity index is 460. The summed E-state index contributed by atoms with van der Waals surface area (Å²) < 4.78 is 2.01. The van der Waals surface area contributed by atoms with E-state index in [1.807, 2.05) is 30.1 Å². The van der Waals surface area contributed by atoms with Crippen LogP contribution in [0.15, 0.2) is 24.5 Å². The minimum atomic E-state index is 0. The van der Waals surface area contributed by atoms with Crippen molar-refractivity contribution in [2.24, 2.45) is 7.05 Å². The van der Waals surface area contributed by atoms with Crippen molar-refractivity contribution in [3.8, 4) is 11.4 Å². The van der Waals surface area contributed by atoms with Crippen LogP contribution in [0.5, 0.6) is 0 Å². The largest absolute Gasteiger partial charge is 0.373 e. The van der Waals surface area contributed by atoms with E-state index in [0.29, 0.717) is 0 Å². The fourth-order valence-electron chi connectivity index (χ4n) is 1.60. The van der Waals surface area contributed by atoms with Crippen LogP contribution in [-0.2, 0) is 27.2 Å². The molecule has 0 saturated carbocycles. The molecule has 1 aromatic carbocycles. The molecule has 0 aliphatic heterocycles. The molecule has 15 heavy (non-hydrogen) atoms. The molecule has 2 rings (SSSR count). The summed E-state index contributed by atoms with van der Waals surface area (Å²) in [6.45, 7) is 4.17. The minimum Gasteiger partial charge on any atom is -0.373 e. The van der Waals surface area contributed by atoms with Gasteiger partial charge in [0.25, 0.3) is 0 Å². The summed E-state index contributed by atoms with van der Waals surface area (Å²) in [6.07, 6.45) is 3.75. The molecule has 0 unspecified atom stereocenters. The molecular formula is C12H13IrN2-.